The first-order valence-electron chi connectivity index (χ1n) is 27.5. The molecule has 0 amide bonds. The van der Waals surface area contributed by atoms with Crippen molar-refractivity contribution in [1.82, 2.24) is 4.57 Å². The molecule has 16 rings (SSSR count). The minimum absolute atomic E-state index is 0.0948. The number of aromatic nitrogens is 1. The van der Waals surface area contributed by atoms with Crippen LogP contribution in [0.4, 0.5) is 0 Å². The van der Waals surface area contributed by atoms with E-state index in [9.17, 15) is 5.26 Å². The van der Waals surface area contributed by atoms with Gasteiger partial charge in [0, 0.05) is 43.9 Å². The molecule has 0 spiro atoms. The average molecular weight is 1020 g/mol. The normalized spacial score (nSPS) is 13.3. The fraction of sp³-hybridized carbons (Fsp3) is 0.0395. The maximum Gasteiger partial charge on any atom is 0.135 e. The SMILES string of the molecule is N#Cc1cc(-c2ccc3oc4ccccc4c3c2)c(-c2ccccc2)c2c1CCC(c1ccccc1)c1ccc(-c3ccc4c(c3)c3c(-c5ccccc5)c(-c5ccc6oc7ccccc7c6c5)ccc3n4-c3ccccc3)cc1-2. The molecule has 80 heavy (non-hydrogen) atoms. The summed E-state index contributed by atoms with van der Waals surface area (Å²) in [4.78, 5) is 0. The predicted molar refractivity (Wildman–Crippen MR) is 329 cm³/mol. The first-order chi connectivity index (χ1) is 39.6. The van der Waals surface area contributed by atoms with Crippen molar-refractivity contribution < 1.29 is 8.83 Å². The van der Waals surface area contributed by atoms with Gasteiger partial charge in [-0.1, -0.05) is 182 Å². The third-order valence-corrected chi connectivity index (χ3v) is 16.9. The van der Waals surface area contributed by atoms with Gasteiger partial charge in [0.05, 0.1) is 22.7 Å². The molecule has 4 heteroatoms. The molecule has 0 saturated heterocycles. The second-order valence-electron chi connectivity index (χ2n) is 21.3. The number of hydrogen-bond donors (Lipinski definition) is 0. The highest BCUT2D eigenvalue weighted by molar-refractivity contribution is 6.20. The molecular formula is C76H48N2O2. The Labute approximate surface area is 462 Å². The molecule has 0 fully saturated rings. The minimum atomic E-state index is 0.0948. The topological polar surface area (TPSA) is 55.0 Å². The van der Waals surface area contributed by atoms with Crippen LogP contribution in [0.3, 0.4) is 0 Å². The minimum Gasteiger partial charge on any atom is -0.456 e. The molecule has 0 saturated carbocycles. The third-order valence-electron chi connectivity index (χ3n) is 16.9. The molecule has 0 N–H and O–H groups in total. The van der Waals surface area contributed by atoms with E-state index in [-0.39, 0.29) is 5.92 Å². The van der Waals surface area contributed by atoms with Crippen LogP contribution in [0.5, 0.6) is 0 Å². The average Bonchev–Trinajstić information content (AvgIpc) is 4.37. The molecule has 0 radical (unpaired) electrons. The highest BCUT2D eigenvalue weighted by Gasteiger charge is 2.31. The molecule has 3 aromatic heterocycles. The molecule has 1 aliphatic rings. The van der Waals surface area contributed by atoms with Crippen LogP contribution < -0.4 is 0 Å². The summed E-state index contributed by atoms with van der Waals surface area (Å²) in [5.74, 6) is 0.0948. The number of para-hydroxylation sites is 3. The third kappa shape index (κ3) is 7.22. The van der Waals surface area contributed by atoms with E-state index in [1.54, 1.807) is 0 Å². The van der Waals surface area contributed by atoms with Crippen molar-refractivity contribution in [2.24, 2.45) is 0 Å². The van der Waals surface area contributed by atoms with Crippen LogP contribution in [0.2, 0.25) is 0 Å². The van der Waals surface area contributed by atoms with Crippen LogP contribution in [0.1, 0.15) is 34.6 Å². The van der Waals surface area contributed by atoms with Crippen molar-refractivity contribution in [2.75, 3.05) is 0 Å². The molecular weight excluding hydrogens is 973 g/mol. The lowest BCUT2D eigenvalue weighted by Gasteiger charge is -2.23. The van der Waals surface area contributed by atoms with Gasteiger partial charge in [0.15, 0.2) is 0 Å². The van der Waals surface area contributed by atoms with Crippen LogP contribution in [-0.4, -0.2) is 4.57 Å². The zero-order chi connectivity index (χ0) is 52.8. The maximum absolute atomic E-state index is 11.3. The Morgan fingerprint density at radius 3 is 1.56 bits per heavy atom. The smallest absolute Gasteiger partial charge is 0.135 e. The quantitative estimate of drug-likeness (QED) is 0.160. The summed E-state index contributed by atoms with van der Waals surface area (Å²) in [6, 6.07) is 96.8. The Kier molecular flexibility index (Phi) is 10.5. The van der Waals surface area contributed by atoms with E-state index in [1.807, 2.05) is 24.3 Å². The summed E-state index contributed by atoms with van der Waals surface area (Å²) in [6.07, 6.45) is 1.60. The van der Waals surface area contributed by atoms with Gasteiger partial charge in [0.2, 0.25) is 0 Å². The standard InChI is InChI=1S/C76H48N2O2/c77-46-54-45-62(53-32-40-72-64(44-53)61-26-14-16-28-70(61)80-72)74(49-21-9-3-10-22-49)75-58(54)35-34-56(47-17-5-1-6-18-47)59-33-29-50(41-65(59)75)51-30-37-67-66(42-51)76-68(78(67)55-23-11-4-12-24-55)38-36-57(73(76)48-19-7-2-8-20-48)52-31-39-71-63(43-52)60-25-13-15-27-69(60)79-71/h1-33,36-45,56H,34-35H2. The lowest BCUT2D eigenvalue weighted by Crippen LogP contribution is -2.02. The molecule has 0 bridgehead atoms. The lowest BCUT2D eigenvalue weighted by molar-refractivity contribution is 0.668. The lowest BCUT2D eigenvalue weighted by atomic mass is 9.80. The van der Waals surface area contributed by atoms with Gasteiger partial charge in [-0.25, -0.2) is 0 Å². The van der Waals surface area contributed by atoms with Gasteiger partial charge in [0.25, 0.3) is 0 Å². The van der Waals surface area contributed by atoms with E-state index in [0.717, 1.165) is 146 Å². The monoisotopic (exact) mass is 1020 g/mol. The highest BCUT2D eigenvalue weighted by atomic mass is 16.3. The van der Waals surface area contributed by atoms with E-state index >= 15 is 0 Å². The molecule has 4 nitrogen and oxygen atoms in total. The zero-order valence-corrected chi connectivity index (χ0v) is 43.5. The summed E-state index contributed by atoms with van der Waals surface area (Å²) in [5.41, 5.74) is 24.5. The van der Waals surface area contributed by atoms with Gasteiger partial charge in [-0.15, -0.1) is 0 Å². The molecule has 3 heterocycles. The first kappa shape index (κ1) is 45.7. The Morgan fingerprint density at radius 2 is 0.900 bits per heavy atom. The van der Waals surface area contributed by atoms with Gasteiger partial charge in [-0.2, -0.15) is 5.26 Å². The Balaban J connectivity index is 0.971. The van der Waals surface area contributed by atoms with E-state index in [4.69, 9.17) is 8.83 Å². The van der Waals surface area contributed by atoms with Crippen molar-refractivity contribution in [3.63, 3.8) is 0 Å². The second-order valence-corrected chi connectivity index (χ2v) is 21.3. The van der Waals surface area contributed by atoms with Crippen LogP contribution in [-0.2, 0) is 6.42 Å². The molecule has 12 aromatic carbocycles. The van der Waals surface area contributed by atoms with Crippen molar-refractivity contribution in [1.29, 1.82) is 5.26 Å². The van der Waals surface area contributed by atoms with E-state index in [2.05, 4.69) is 247 Å². The number of benzene rings is 12. The molecule has 374 valence electrons. The maximum atomic E-state index is 11.3. The van der Waals surface area contributed by atoms with Gasteiger partial charge >= 0.3 is 0 Å². The fourth-order valence-corrected chi connectivity index (χ4v) is 13.3. The van der Waals surface area contributed by atoms with Crippen LogP contribution in [0.15, 0.2) is 270 Å². The highest BCUT2D eigenvalue weighted by Crippen LogP contribution is 2.52. The zero-order valence-electron chi connectivity index (χ0n) is 43.5. The predicted octanol–water partition coefficient (Wildman–Crippen LogP) is 20.5. The number of furan rings is 2. The van der Waals surface area contributed by atoms with Crippen molar-refractivity contribution in [2.45, 2.75) is 18.8 Å². The van der Waals surface area contributed by atoms with Gasteiger partial charge in [0.1, 0.15) is 22.3 Å². The van der Waals surface area contributed by atoms with E-state index in [0.29, 0.717) is 5.56 Å². The Hall–Kier alpha value is -10.5. The number of fused-ring (bicyclic) bond motifs is 12. The van der Waals surface area contributed by atoms with Crippen LogP contribution in [0.25, 0.3) is 138 Å². The number of nitrogens with zero attached hydrogens (tertiary/aromatic N) is 2. The number of hydrogen-bond acceptors (Lipinski definition) is 3. The summed E-state index contributed by atoms with van der Waals surface area (Å²) >= 11 is 0. The van der Waals surface area contributed by atoms with Gasteiger partial charge < -0.3 is 13.4 Å². The first-order valence-corrected chi connectivity index (χ1v) is 27.5. The summed E-state index contributed by atoms with van der Waals surface area (Å²) in [5, 5.41) is 18.0. The van der Waals surface area contributed by atoms with Crippen molar-refractivity contribution in [3.8, 4) is 78.5 Å². The van der Waals surface area contributed by atoms with Crippen LogP contribution >= 0.6 is 0 Å². The molecule has 1 aliphatic carbocycles. The Morgan fingerprint density at radius 1 is 0.375 bits per heavy atom. The fourth-order valence-electron chi connectivity index (χ4n) is 13.3. The van der Waals surface area contributed by atoms with Crippen molar-refractivity contribution in [3.05, 3.63) is 283 Å². The van der Waals surface area contributed by atoms with Crippen LogP contribution in [0, 0.1) is 11.3 Å². The second kappa shape index (κ2) is 18.3. The number of rotatable bonds is 7. The molecule has 15 aromatic rings. The van der Waals surface area contributed by atoms with E-state index in [1.165, 1.54) is 22.1 Å². The Bertz CT molecular complexity index is 5000. The summed E-state index contributed by atoms with van der Waals surface area (Å²) in [6.45, 7) is 0. The summed E-state index contributed by atoms with van der Waals surface area (Å²) < 4.78 is 15.1. The largest absolute Gasteiger partial charge is 0.456 e. The van der Waals surface area contributed by atoms with Crippen molar-refractivity contribution >= 4 is 65.7 Å². The molecule has 1 atom stereocenters. The molecule has 0 aliphatic heterocycles. The van der Waals surface area contributed by atoms with E-state index < -0.39 is 0 Å². The molecule has 1 unspecified atom stereocenters. The summed E-state index contributed by atoms with van der Waals surface area (Å²) in [7, 11) is 0. The van der Waals surface area contributed by atoms with Gasteiger partial charge in [-0.3, -0.25) is 0 Å². The number of nitriles is 1. The van der Waals surface area contributed by atoms with Gasteiger partial charge in [-0.05, 0) is 175 Å².